The van der Waals surface area contributed by atoms with Gasteiger partial charge in [0.05, 0.1) is 20.3 Å². The second kappa shape index (κ2) is 5.12. The van der Waals surface area contributed by atoms with E-state index < -0.39 is 0 Å². The van der Waals surface area contributed by atoms with E-state index in [1.54, 1.807) is 24.3 Å². The Morgan fingerprint density at radius 1 is 1.53 bits per heavy atom. The number of carbonyl (C=O) groups excluding carboxylic acids is 1. The van der Waals surface area contributed by atoms with Crippen molar-refractivity contribution in [3.63, 3.8) is 0 Å². The molecule has 1 aromatic carbocycles. The molecule has 0 aromatic heterocycles. The number of aliphatic hydroxyl groups excluding tert-OH is 1. The van der Waals surface area contributed by atoms with Crippen molar-refractivity contribution in [3.05, 3.63) is 47.2 Å². The third-order valence-electron chi connectivity index (χ3n) is 2.58. The minimum absolute atomic E-state index is 0.0243. The fourth-order valence-corrected chi connectivity index (χ4v) is 1.48. The van der Waals surface area contributed by atoms with Gasteiger partial charge in [0.1, 0.15) is 11.9 Å². The van der Waals surface area contributed by atoms with Crippen molar-refractivity contribution in [2.45, 2.75) is 12.7 Å². The summed E-state index contributed by atoms with van der Waals surface area (Å²) in [6, 6.07) is 6.82. The lowest BCUT2D eigenvalue weighted by Crippen LogP contribution is -2.02. The van der Waals surface area contributed by atoms with Crippen LogP contribution in [0.2, 0.25) is 0 Å². The molecule has 0 aliphatic carbocycles. The van der Waals surface area contributed by atoms with Gasteiger partial charge in [0.2, 0.25) is 0 Å². The average Bonchev–Trinajstić information content (AvgIpc) is 3.20. The molecule has 1 unspecified atom stereocenters. The number of methoxy groups -OCH3 is 1. The van der Waals surface area contributed by atoms with E-state index in [-0.39, 0.29) is 18.5 Å². The predicted octanol–water partition coefficient (Wildman–Crippen LogP) is 1.29. The van der Waals surface area contributed by atoms with Crippen molar-refractivity contribution in [2.24, 2.45) is 0 Å². The molecule has 1 heterocycles. The number of rotatable bonds is 5. The van der Waals surface area contributed by atoms with Crippen molar-refractivity contribution < 1.29 is 19.4 Å². The normalized spacial score (nSPS) is 18.9. The Balaban J connectivity index is 2.12. The highest BCUT2D eigenvalue weighted by atomic mass is 16.6. The maximum absolute atomic E-state index is 11.9. The number of benzene rings is 1. The molecule has 1 N–H and O–H groups in total. The summed E-state index contributed by atoms with van der Waals surface area (Å²) in [5.41, 5.74) is 1.35. The Labute approximate surface area is 99.5 Å². The van der Waals surface area contributed by atoms with Gasteiger partial charge in [-0.25, -0.2) is 0 Å². The van der Waals surface area contributed by atoms with E-state index in [9.17, 15) is 4.79 Å². The quantitative estimate of drug-likeness (QED) is 0.361. The fraction of sp³-hybridized carbons (Fsp3) is 0.308. The Kier molecular flexibility index (Phi) is 3.56. The van der Waals surface area contributed by atoms with Crippen LogP contribution in [-0.2, 0) is 16.1 Å². The summed E-state index contributed by atoms with van der Waals surface area (Å²) in [6.45, 7) is 0.583. The molecule has 0 amide bonds. The van der Waals surface area contributed by atoms with Gasteiger partial charge in [-0.3, -0.25) is 4.79 Å². The van der Waals surface area contributed by atoms with Crippen molar-refractivity contribution in [1.29, 1.82) is 0 Å². The first-order valence-electron chi connectivity index (χ1n) is 5.36. The highest BCUT2D eigenvalue weighted by molar-refractivity contribution is 6.04. The van der Waals surface area contributed by atoms with E-state index >= 15 is 0 Å². The molecule has 0 bridgehead atoms. The van der Waals surface area contributed by atoms with Crippen molar-refractivity contribution in [1.82, 2.24) is 0 Å². The fourth-order valence-electron chi connectivity index (χ4n) is 1.48. The van der Waals surface area contributed by atoms with Crippen LogP contribution in [0.25, 0.3) is 0 Å². The van der Waals surface area contributed by atoms with Crippen LogP contribution in [-0.4, -0.2) is 30.7 Å². The molecule has 1 saturated heterocycles. The molecule has 1 fully saturated rings. The molecule has 0 radical (unpaired) electrons. The van der Waals surface area contributed by atoms with Gasteiger partial charge in [-0.2, -0.15) is 0 Å². The topological polar surface area (TPSA) is 59.1 Å². The summed E-state index contributed by atoms with van der Waals surface area (Å²) >= 11 is 0. The second-order valence-corrected chi connectivity index (χ2v) is 3.79. The molecular formula is C13H14O4. The zero-order chi connectivity index (χ0) is 12.3. The maximum atomic E-state index is 11.9. The number of hydrogen-bond acceptors (Lipinski definition) is 4. The Bertz CT molecular complexity index is 429. The smallest absolute Gasteiger partial charge is 0.189 e. The number of allylic oxidation sites excluding steroid dienone is 1. The molecule has 1 aromatic rings. The highest BCUT2D eigenvalue weighted by Gasteiger charge is 2.29. The first-order valence-corrected chi connectivity index (χ1v) is 5.36. The van der Waals surface area contributed by atoms with Crippen LogP contribution in [0.4, 0.5) is 0 Å². The van der Waals surface area contributed by atoms with Gasteiger partial charge in [0.15, 0.2) is 5.78 Å². The summed E-state index contributed by atoms with van der Waals surface area (Å²) in [7, 11) is 1.52. The third-order valence-corrected chi connectivity index (χ3v) is 2.58. The molecule has 4 heteroatoms. The predicted molar refractivity (Wildman–Crippen MR) is 61.5 cm³/mol. The van der Waals surface area contributed by atoms with E-state index in [1.807, 2.05) is 0 Å². The SMILES string of the molecule is CO/C(=C\C(=O)c1ccc(CO)cc1)C1CO1. The number of carbonyl (C=O) groups is 1. The molecule has 90 valence electrons. The summed E-state index contributed by atoms with van der Waals surface area (Å²) < 4.78 is 10.1. The van der Waals surface area contributed by atoms with Gasteiger partial charge in [0, 0.05) is 11.6 Å². The van der Waals surface area contributed by atoms with Crippen LogP contribution in [0.1, 0.15) is 15.9 Å². The molecule has 1 atom stereocenters. The monoisotopic (exact) mass is 234 g/mol. The van der Waals surface area contributed by atoms with Gasteiger partial charge in [0.25, 0.3) is 0 Å². The average molecular weight is 234 g/mol. The lowest BCUT2D eigenvalue weighted by molar-refractivity contribution is 0.103. The summed E-state index contributed by atoms with van der Waals surface area (Å²) in [5, 5.41) is 8.90. The summed E-state index contributed by atoms with van der Waals surface area (Å²) in [4.78, 5) is 11.9. The standard InChI is InChI=1S/C13H14O4/c1-16-12(13-8-17-13)6-11(15)10-4-2-9(7-14)3-5-10/h2-6,13-14H,7-8H2,1H3/b12-6-. The maximum Gasteiger partial charge on any atom is 0.189 e. The van der Waals surface area contributed by atoms with E-state index in [0.29, 0.717) is 17.9 Å². The number of ketones is 1. The highest BCUT2D eigenvalue weighted by Crippen LogP contribution is 2.20. The molecule has 4 nitrogen and oxygen atoms in total. The molecular weight excluding hydrogens is 220 g/mol. The first kappa shape index (κ1) is 11.8. The lowest BCUT2D eigenvalue weighted by Gasteiger charge is -2.02. The number of epoxide rings is 1. The van der Waals surface area contributed by atoms with Crippen LogP contribution >= 0.6 is 0 Å². The summed E-state index contributed by atoms with van der Waals surface area (Å²) in [5.74, 6) is 0.433. The van der Waals surface area contributed by atoms with E-state index in [2.05, 4.69) is 0 Å². The Morgan fingerprint density at radius 3 is 2.65 bits per heavy atom. The lowest BCUT2D eigenvalue weighted by atomic mass is 10.1. The number of aliphatic hydroxyl groups is 1. The molecule has 17 heavy (non-hydrogen) atoms. The molecule has 2 rings (SSSR count). The van der Waals surface area contributed by atoms with Crippen LogP contribution < -0.4 is 0 Å². The van der Waals surface area contributed by atoms with Gasteiger partial charge in [-0.15, -0.1) is 0 Å². The van der Waals surface area contributed by atoms with Crippen LogP contribution in [0.3, 0.4) is 0 Å². The van der Waals surface area contributed by atoms with Gasteiger partial charge >= 0.3 is 0 Å². The van der Waals surface area contributed by atoms with E-state index in [0.717, 1.165) is 5.56 Å². The summed E-state index contributed by atoms with van der Waals surface area (Å²) in [6.07, 6.45) is 1.38. The van der Waals surface area contributed by atoms with E-state index in [1.165, 1.54) is 13.2 Å². The number of ether oxygens (including phenoxy) is 2. The van der Waals surface area contributed by atoms with Crippen LogP contribution in [0.5, 0.6) is 0 Å². The Morgan fingerprint density at radius 2 is 2.18 bits per heavy atom. The first-order chi connectivity index (χ1) is 8.24. The minimum Gasteiger partial charge on any atom is -0.498 e. The van der Waals surface area contributed by atoms with Crippen molar-refractivity contribution in [3.8, 4) is 0 Å². The molecule has 1 aliphatic rings. The zero-order valence-electron chi connectivity index (χ0n) is 9.55. The zero-order valence-corrected chi connectivity index (χ0v) is 9.55. The van der Waals surface area contributed by atoms with Gasteiger partial charge in [-0.05, 0) is 5.56 Å². The third kappa shape index (κ3) is 2.93. The molecule has 0 saturated carbocycles. The van der Waals surface area contributed by atoms with Crippen molar-refractivity contribution in [2.75, 3.05) is 13.7 Å². The Hall–Kier alpha value is -1.65. The van der Waals surface area contributed by atoms with Gasteiger partial charge < -0.3 is 14.6 Å². The number of hydrogen-bond donors (Lipinski definition) is 1. The molecule has 0 spiro atoms. The van der Waals surface area contributed by atoms with Crippen LogP contribution in [0.15, 0.2) is 36.1 Å². The minimum atomic E-state index is -0.123. The van der Waals surface area contributed by atoms with E-state index in [4.69, 9.17) is 14.6 Å². The van der Waals surface area contributed by atoms with Crippen molar-refractivity contribution >= 4 is 5.78 Å². The second-order valence-electron chi connectivity index (χ2n) is 3.79. The molecule has 1 aliphatic heterocycles. The van der Waals surface area contributed by atoms with Crippen LogP contribution in [0, 0.1) is 0 Å². The largest absolute Gasteiger partial charge is 0.498 e. The van der Waals surface area contributed by atoms with Gasteiger partial charge in [-0.1, -0.05) is 24.3 Å².